The molecule has 108 valence electrons. The number of thioether (sulfide) groups is 1. The van der Waals surface area contributed by atoms with Crippen LogP contribution in [0.5, 0.6) is 0 Å². The number of hydrogen-bond acceptors (Lipinski definition) is 2. The number of benzene rings is 2. The summed E-state index contributed by atoms with van der Waals surface area (Å²) in [5, 5.41) is 8.54. The summed E-state index contributed by atoms with van der Waals surface area (Å²) >= 11 is 4.94. The maximum atomic E-state index is 14.0. The number of carboxylic acid groups (broad SMARTS) is 1. The molecule has 0 amide bonds. The van der Waals surface area contributed by atoms with Crippen LogP contribution >= 0.6 is 27.7 Å². The number of rotatable bonds is 5. The maximum absolute atomic E-state index is 14.0. The molecule has 0 heterocycles. The van der Waals surface area contributed by atoms with Crippen molar-refractivity contribution in [3.63, 3.8) is 0 Å². The monoisotopic (exact) mass is 366 g/mol. The van der Waals surface area contributed by atoms with Crippen LogP contribution in [0, 0.1) is 5.82 Å². The lowest BCUT2D eigenvalue weighted by molar-refractivity contribution is -0.131. The molecule has 0 fully saturated rings. The molecule has 0 aliphatic heterocycles. The SMILES string of the molecule is O=C(O)C=Cc1ccc(CSc2cccc(Br)c2)c(F)c1. The van der Waals surface area contributed by atoms with E-state index in [9.17, 15) is 9.18 Å². The Balaban J connectivity index is 2.06. The Morgan fingerprint density at radius 1 is 1.29 bits per heavy atom. The number of carbonyl (C=O) groups is 1. The molecule has 0 bridgehead atoms. The number of hydrogen-bond donors (Lipinski definition) is 1. The minimum atomic E-state index is -1.05. The van der Waals surface area contributed by atoms with E-state index in [0.717, 1.165) is 15.4 Å². The highest BCUT2D eigenvalue weighted by Crippen LogP contribution is 2.26. The van der Waals surface area contributed by atoms with Crippen LogP contribution in [-0.4, -0.2) is 11.1 Å². The van der Waals surface area contributed by atoms with Gasteiger partial charge in [-0.25, -0.2) is 9.18 Å². The van der Waals surface area contributed by atoms with Crippen molar-refractivity contribution in [2.45, 2.75) is 10.6 Å². The maximum Gasteiger partial charge on any atom is 0.328 e. The number of carboxylic acids is 1. The summed E-state index contributed by atoms with van der Waals surface area (Å²) in [6.45, 7) is 0. The molecule has 0 radical (unpaired) electrons. The molecule has 1 N–H and O–H groups in total. The highest BCUT2D eigenvalue weighted by Gasteiger charge is 2.04. The van der Waals surface area contributed by atoms with Crippen LogP contribution in [-0.2, 0) is 10.5 Å². The van der Waals surface area contributed by atoms with E-state index in [-0.39, 0.29) is 5.82 Å². The van der Waals surface area contributed by atoms with Gasteiger partial charge in [-0.05, 0) is 41.5 Å². The van der Waals surface area contributed by atoms with Gasteiger partial charge >= 0.3 is 5.97 Å². The predicted octanol–water partition coefficient (Wildman–Crippen LogP) is 4.98. The van der Waals surface area contributed by atoms with Crippen molar-refractivity contribution in [2.75, 3.05) is 0 Å². The highest BCUT2D eigenvalue weighted by molar-refractivity contribution is 9.10. The summed E-state index contributed by atoms with van der Waals surface area (Å²) in [6.07, 6.45) is 2.36. The van der Waals surface area contributed by atoms with Crippen LogP contribution in [0.2, 0.25) is 0 Å². The summed E-state index contributed by atoms with van der Waals surface area (Å²) < 4.78 is 14.9. The van der Waals surface area contributed by atoms with E-state index in [4.69, 9.17) is 5.11 Å². The largest absolute Gasteiger partial charge is 0.478 e. The summed E-state index contributed by atoms with van der Waals surface area (Å²) in [6, 6.07) is 12.6. The van der Waals surface area contributed by atoms with Crippen molar-refractivity contribution in [3.05, 3.63) is 70.0 Å². The molecular formula is C16H12BrFO2S. The Labute approximate surface area is 134 Å². The summed E-state index contributed by atoms with van der Waals surface area (Å²) in [5.74, 6) is -0.861. The molecule has 21 heavy (non-hydrogen) atoms. The molecule has 0 saturated carbocycles. The first-order chi connectivity index (χ1) is 10.0. The molecule has 0 aromatic heterocycles. The fourth-order valence-electron chi connectivity index (χ4n) is 1.67. The third-order valence-electron chi connectivity index (χ3n) is 2.69. The second kappa shape index (κ2) is 7.43. The molecule has 5 heteroatoms. The topological polar surface area (TPSA) is 37.3 Å². The highest BCUT2D eigenvalue weighted by atomic mass is 79.9. The van der Waals surface area contributed by atoms with Crippen LogP contribution in [0.25, 0.3) is 6.08 Å². The zero-order chi connectivity index (χ0) is 15.2. The van der Waals surface area contributed by atoms with Gasteiger partial charge in [0.2, 0.25) is 0 Å². The molecule has 0 unspecified atom stereocenters. The van der Waals surface area contributed by atoms with Crippen molar-refractivity contribution in [2.24, 2.45) is 0 Å². The molecule has 0 saturated heterocycles. The second-order valence-corrected chi connectivity index (χ2v) is 6.23. The van der Waals surface area contributed by atoms with Crippen LogP contribution in [0.15, 0.2) is 57.9 Å². The first-order valence-corrected chi connectivity index (χ1v) is 7.90. The Hall–Kier alpha value is -1.59. The molecule has 2 rings (SSSR count). The minimum Gasteiger partial charge on any atom is -0.478 e. The fourth-order valence-corrected chi connectivity index (χ4v) is 3.16. The molecule has 0 spiro atoms. The number of halogens is 2. The minimum absolute atomic E-state index is 0.329. The summed E-state index contributed by atoms with van der Waals surface area (Å²) in [5.41, 5.74) is 1.12. The van der Waals surface area contributed by atoms with Crippen molar-refractivity contribution in [1.29, 1.82) is 0 Å². The van der Waals surface area contributed by atoms with Crippen LogP contribution in [0.3, 0.4) is 0 Å². The van der Waals surface area contributed by atoms with E-state index in [0.29, 0.717) is 16.9 Å². The van der Waals surface area contributed by atoms with Gasteiger partial charge in [-0.2, -0.15) is 0 Å². The normalized spacial score (nSPS) is 11.0. The van der Waals surface area contributed by atoms with Gasteiger partial charge in [0.25, 0.3) is 0 Å². The van der Waals surface area contributed by atoms with Gasteiger partial charge in [0.15, 0.2) is 0 Å². The van der Waals surface area contributed by atoms with Gasteiger partial charge in [0.1, 0.15) is 5.82 Å². The lowest BCUT2D eigenvalue weighted by Gasteiger charge is -2.05. The van der Waals surface area contributed by atoms with Gasteiger partial charge in [-0.3, -0.25) is 0 Å². The van der Waals surface area contributed by atoms with Gasteiger partial charge < -0.3 is 5.11 Å². The van der Waals surface area contributed by atoms with Crippen LogP contribution in [0.4, 0.5) is 4.39 Å². The second-order valence-electron chi connectivity index (χ2n) is 4.27. The Bertz CT molecular complexity index is 686. The molecule has 2 nitrogen and oxygen atoms in total. The van der Waals surface area contributed by atoms with Crippen LogP contribution in [0.1, 0.15) is 11.1 Å². The van der Waals surface area contributed by atoms with E-state index in [1.807, 2.05) is 24.3 Å². The average molecular weight is 367 g/mol. The van der Waals surface area contributed by atoms with E-state index in [1.165, 1.54) is 12.1 Å². The zero-order valence-electron chi connectivity index (χ0n) is 10.9. The fraction of sp³-hybridized carbons (Fsp3) is 0.0625. The molecule has 2 aromatic rings. The predicted molar refractivity (Wildman–Crippen MR) is 86.8 cm³/mol. The molecule has 2 aromatic carbocycles. The quantitative estimate of drug-likeness (QED) is 0.598. The summed E-state index contributed by atoms with van der Waals surface area (Å²) in [7, 11) is 0. The van der Waals surface area contributed by atoms with Gasteiger partial charge in [-0.15, -0.1) is 11.8 Å². The molecule has 0 atom stereocenters. The summed E-state index contributed by atoms with van der Waals surface area (Å²) in [4.78, 5) is 11.5. The first-order valence-electron chi connectivity index (χ1n) is 6.12. The lowest BCUT2D eigenvalue weighted by Crippen LogP contribution is -1.90. The van der Waals surface area contributed by atoms with Gasteiger partial charge in [0, 0.05) is 21.2 Å². The van der Waals surface area contributed by atoms with Crippen molar-refractivity contribution >= 4 is 39.7 Å². The Morgan fingerprint density at radius 2 is 2.10 bits per heavy atom. The zero-order valence-corrected chi connectivity index (χ0v) is 13.3. The van der Waals surface area contributed by atoms with E-state index < -0.39 is 5.97 Å². The molecular weight excluding hydrogens is 355 g/mol. The van der Waals surface area contributed by atoms with Gasteiger partial charge in [0.05, 0.1) is 0 Å². The Morgan fingerprint density at radius 3 is 2.76 bits per heavy atom. The first kappa shape index (κ1) is 15.8. The Kier molecular flexibility index (Phi) is 5.59. The van der Waals surface area contributed by atoms with E-state index >= 15 is 0 Å². The lowest BCUT2D eigenvalue weighted by atomic mass is 10.1. The van der Waals surface area contributed by atoms with Crippen molar-refractivity contribution in [3.8, 4) is 0 Å². The van der Waals surface area contributed by atoms with Crippen molar-refractivity contribution in [1.82, 2.24) is 0 Å². The smallest absolute Gasteiger partial charge is 0.328 e. The molecule has 0 aliphatic carbocycles. The third-order valence-corrected chi connectivity index (χ3v) is 4.22. The molecule has 0 aliphatic rings. The van der Waals surface area contributed by atoms with E-state index in [2.05, 4.69) is 15.9 Å². The van der Waals surface area contributed by atoms with Crippen LogP contribution < -0.4 is 0 Å². The van der Waals surface area contributed by atoms with E-state index in [1.54, 1.807) is 23.9 Å². The standard InChI is InChI=1S/C16H12BrFO2S/c17-13-2-1-3-14(9-13)21-10-12-6-4-11(8-15(12)18)5-7-16(19)20/h1-9H,10H2,(H,19,20). The van der Waals surface area contributed by atoms with Gasteiger partial charge in [-0.1, -0.05) is 34.1 Å². The number of aliphatic carboxylic acids is 1. The van der Waals surface area contributed by atoms with Crippen molar-refractivity contribution < 1.29 is 14.3 Å². The average Bonchev–Trinajstić information content (AvgIpc) is 2.44. The third kappa shape index (κ3) is 5.02.